The summed E-state index contributed by atoms with van der Waals surface area (Å²) in [6.45, 7) is 13.4. The van der Waals surface area contributed by atoms with Crippen LogP contribution < -0.4 is 15.2 Å². The number of methoxy groups -OCH3 is 1. The van der Waals surface area contributed by atoms with Crippen molar-refractivity contribution in [2.45, 2.75) is 46.2 Å². The lowest BCUT2D eigenvalue weighted by atomic mass is 9.99. The van der Waals surface area contributed by atoms with Crippen LogP contribution in [0, 0.1) is 13.8 Å². The van der Waals surface area contributed by atoms with Crippen molar-refractivity contribution < 1.29 is 4.74 Å². The van der Waals surface area contributed by atoms with E-state index in [1.807, 2.05) is 35.0 Å². The Morgan fingerprint density at radius 1 is 1.00 bits per heavy atom. The molecular weight excluding hydrogens is 466 g/mol. The minimum absolute atomic E-state index is 0.114. The molecule has 3 heterocycles. The maximum absolute atomic E-state index is 13.6. The van der Waals surface area contributed by atoms with Gasteiger partial charge in [-0.05, 0) is 91.9 Å². The molecular formula is C28H35N7O2. The molecule has 9 nitrogen and oxygen atoms in total. The number of piperazine rings is 1. The number of pyridine rings is 1. The Labute approximate surface area is 217 Å². The van der Waals surface area contributed by atoms with Crippen LogP contribution in [0.2, 0.25) is 0 Å². The number of fused-ring (bicyclic) bond motifs is 1. The average molecular weight is 502 g/mol. The van der Waals surface area contributed by atoms with Crippen molar-refractivity contribution in [1.29, 1.82) is 0 Å². The smallest absolute Gasteiger partial charge is 0.253 e. The van der Waals surface area contributed by atoms with Gasteiger partial charge in [0.2, 0.25) is 0 Å². The Kier molecular flexibility index (Phi) is 6.49. The highest BCUT2D eigenvalue weighted by Gasteiger charge is 2.35. The molecule has 0 spiro atoms. The van der Waals surface area contributed by atoms with Gasteiger partial charge in [0.05, 0.1) is 18.3 Å². The van der Waals surface area contributed by atoms with Gasteiger partial charge in [-0.15, -0.1) is 5.10 Å². The monoisotopic (exact) mass is 501 g/mol. The summed E-state index contributed by atoms with van der Waals surface area (Å²) >= 11 is 0. The molecule has 0 aliphatic carbocycles. The number of benzene rings is 2. The zero-order valence-corrected chi connectivity index (χ0v) is 22.4. The van der Waals surface area contributed by atoms with Gasteiger partial charge in [-0.25, -0.2) is 4.68 Å². The van der Waals surface area contributed by atoms with Crippen LogP contribution in [-0.2, 0) is 5.54 Å². The number of aryl methyl sites for hydroxylation is 2. The van der Waals surface area contributed by atoms with Gasteiger partial charge < -0.3 is 14.6 Å². The number of nitrogens with one attached hydrogen (secondary N) is 1. The van der Waals surface area contributed by atoms with E-state index in [-0.39, 0.29) is 17.1 Å². The van der Waals surface area contributed by atoms with Gasteiger partial charge in [-0.3, -0.25) is 9.69 Å². The molecule has 1 N–H and O–H groups in total. The van der Waals surface area contributed by atoms with Crippen LogP contribution in [0.5, 0.6) is 5.75 Å². The van der Waals surface area contributed by atoms with Crippen LogP contribution in [0.3, 0.4) is 0 Å². The van der Waals surface area contributed by atoms with Crippen molar-refractivity contribution in [2.75, 3.05) is 38.2 Å². The Bertz CT molecular complexity index is 1480. The van der Waals surface area contributed by atoms with E-state index in [4.69, 9.17) is 4.74 Å². The molecule has 1 fully saturated rings. The van der Waals surface area contributed by atoms with Crippen molar-refractivity contribution in [2.24, 2.45) is 0 Å². The van der Waals surface area contributed by atoms with Crippen LogP contribution in [0.25, 0.3) is 10.9 Å². The van der Waals surface area contributed by atoms with Crippen molar-refractivity contribution in [3.05, 3.63) is 75.3 Å². The van der Waals surface area contributed by atoms with Crippen molar-refractivity contribution in [3.8, 4) is 5.75 Å². The third-order valence-corrected chi connectivity index (χ3v) is 7.26. The molecule has 9 heteroatoms. The number of nitrogens with zero attached hydrogens (tertiary/aromatic N) is 6. The van der Waals surface area contributed by atoms with E-state index in [0.717, 1.165) is 54.1 Å². The minimum atomic E-state index is -0.385. The van der Waals surface area contributed by atoms with Crippen LogP contribution in [0.4, 0.5) is 5.69 Å². The average Bonchev–Trinajstić information content (AvgIpc) is 3.36. The molecule has 4 aromatic rings. The number of hydrogen-bond acceptors (Lipinski definition) is 7. The molecule has 2 aromatic heterocycles. The van der Waals surface area contributed by atoms with E-state index in [1.54, 1.807) is 7.11 Å². The number of H-pyrrole nitrogens is 1. The highest BCUT2D eigenvalue weighted by Crippen LogP contribution is 2.33. The van der Waals surface area contributed by atoms with Gasteiger partial charge in [-0.1, -0.05) is 12.1 Å². The molecule has 5 rings (SSSR count). The van der Waals surface area contributed by atoms with Crippen LogP contribution >= 0.6 is 0 Å². The number of tetrazole rings is 1. The van der Waals surface area contributed by atoms with E-state index in [9.17, 15) is 4.79 Å². The molecule has 194 valence electrons. The molecule has 1 saturated heterocycles. The lowest BCUT2D eigenvalue weighted by Crippen LogP contribution is -2.49. The number of para-hydroxylation sites is 2. The summed E-state index contributed by atoms with van der Waals surface area (Å²) in [6, 6.07) is 13.9. The van der Waals surface area contributed by atoms with Crippen molar-refractivity contribution in [1.82, 2.24) is 30.1 Å². The van der Waals surface area contributed by atoms with E-state index < -0.39 is 0 Å². The second-order valence-electron chi connectivity index (χ2n) is 10.8. The molecule has 1 aliphatic rings. The van der Waals surface area contributed by atoms with Crippen molar-refractivity contribution >= 4 is 16.6 Å². The predicted octanol–water partition coefficient (Wildman–Crippen LogP) is 3.81. The maximum Gasteiger partial charge on any atom is 0.253 e. The first-order chi connectivity index (χ1) is 17.7. The topological polar surface area (TPSA) is 92.2 Å². The standard InChI is InChI=1S/C28H35N7O2/c1-18-15-20-17-21(27(36)29-22(20)16-19(18)2)25(26-30-31-32-35(26)28(3,4)5)34-13-11-33(12-14-34)23-9-7-8-10-24(23)37-6/h7-10,15-17,25H,11-14H2,1-6H3,(H,29,36)/t25-/m1/s1. The summed E-state index contributed by atoms with van der Waals surface area (Å²) in [5, 5.41) is 13.8. The van der Waals surface area contributed by atoms with Gasteiger partial charge >= 0.3 is 0 Å². The summed E-state index contributed by atoms with van der Waals surface area (Å²) in [4.78, 5) is 21.3. The number of anilines is 1. The number of aromatic amines is 1. The lowest BCUT2D eigenvalue weighted by molar-refractivity contribution is 0.190. The van der Waals surface area contributed by atoms with E-state index in [1.165, 1.54) is 5.56 Å². The van der Waals surface area contributed by atoms with Crippen LogP contribution in [0.15, 0.2) is 47.3 Å². The summed E-state index contributed by atoms with van der Waals surface area (Å²) in [7, 11) is 1.70. The fourth-order valence-corrected chi connectivity index (χ4v) is 5.15. The highest BCUT2D eigenvalue weighted by atomic mass is 16.5. The molecule has 2 aromatic carbocycles. The molecule has 0 saturated carbocycles. The summed E-state index contributed by atoms with van der Waals surface area (Å²) < 4.78 is 7.44. The molecule has 37 heavy (non-hydrogen) atoms. The van der Waals surface area contributed by atoms with E-state index in [0.29, 0.717) is 11.4 Å². The molecule has 1 atom stereocenters. The third kappa shape index (κ3) is 4.71. The Hall–Kier alpha value is -3.72. The van der Waals surface area contributed by atoms with Crippen molar-refractivity contribution in [3.63, 3.8) is 0 Å². The Morgan fingerprint density at radius 2 is 1.70 bits per heavy atom. The Morgan fingerprint density at radius 3 is 2.41 bits per heavy atom. The number of aromatic nitrogens is 5. The summed E-state index contributed by atoms with van der Waals surface area (Å²) in [5.74, 6) is 1.53. The number of ether oxygens (including phenoxy) is 1. The molecule has 0 amide bonds. The first-order valence-corrected chi connectivity index (χ1v) is 12.7. The quantitative estimate of drug-likeness (QED) is 0.445. The van der Waals surface area contributed by atoms with Gasteiger partial charge in [0.25, 0.3) is 5.56 Å². The Balaban J connectivity index is 1.57. The predicted molar refractivity (Wildman–Crippen MR) is 145 cm³/mol. The number of rotatable bonds is 5. The molecule has 0 unspecified atom stereocenters. The second-order valence-corrected chi connectivity index (χ2v) is 10.8. The highest BCUT2D eigenvalue weighted by molar-refractivity contribution is 5.81. The maximum atomic E-state index is 13.6. The zero-order valence-electron chi connectivity index (χ0n) is 22.4. The van der Waals surface area contributed by atoms with Gasteiger partial charge in [0.1, 0.15) is 11.8 Å². The number of hydrogen-bond donors (Lipinski definition) is 1. The molecule has 1 aliphatic heterocycles. The minimum Gasteiger partial charge on any atom is -0.495 e. The molecule has 0 bridgehead atoms. The second kappa shape index (κ2) is 9.63. The van der Waals surface area contributed by atoms with Crippen LogP contribution in [0.1, 0.15) is 49.3 Å². The zero-order chi connectivity index (χ0) is 26.3. The van der Waals surface area contributed by atoms with E-state index >= 15 is 0 Å². The SMILES string of the molecule is COc1ccccc1N1CCN([C@H](c2cc3cc(C)c(C)cc3[nH]c2=O)c2nnnn2C(C)(C)C)CC1. The van der Waals surface area contributed by atoms with Crippen LogP contribution in [-0.4, -0.2) is 63.4 Å². The van der Waals surface area contributed by atoms with Gasteiger partial charge in [0.15, 0.2) is 5.82 Å². The lowest BCUT2D eigenvalue weighted by Gasteiger charge is -2.40. The van der Waals surface area contributed by atoms with E-state index in [2.05, 4.69) is 77.1 Å². The van der Waals surface area contributed by atoms with Gasteiger partial charge in [0, 0.05) is 37.3 Å². The first kappa shape index (κ1) is 25.0. The molecule has 0 radical (unpaired) electrons. The fraction of sp³-hybridized carbons (Fsp3) is 0.429. The normalized spacial score (nSPS) is 15.8. The summed E-state index contributed by atoms with van der Waals surface area (Å²) in [5.41, 5.74) is 4.46. The first-order valence-electron chi connectivity index (χ1n) is 12.7. The largest absolute Gasteiger partial charge is 0.495 e. The third-order valence-electron chi connectivity index (χ3n) is 7.26. The fourth-order valence-electron chi connectivity index (χ4n) is 5.15. The summed E-state index contributed by atoms with van der Waals surface area (Å²) in [6.07, 6.45) is 0. The van der Waals surface area contributed by atoms with Gasteiger partial charge in [-0.2, -0.15) is 0 Å².